The molecule has 2 aliphatic heterocycles. The van der Waals surface area contributed by atoms with Crippen LogP contribution in [0.15, 0.2) is 53.4 Å². The third-order valence-corrected chi connectivity index (χ3v) is 5.34. The highest BCUT2D eigenvalue weighted by Gasteiger charge is 2.44. The molecular formula is C20H14N2O4S. The number of aryl methyl sites for hydroxylation is 1. The topological polar surface area (TPSA) is 74.8 Å². The Morgan fingerprint density at radius 2 is 1.70 bits per heavy atom. The van der Waals surface area contributed by atoms with Crippen LogP contribution in [-0.2, 0) is 14.4 Å². The highest BCUT2D eigenvalue weighted by Crippen LogP contribution is 2.45. The number of nitrogens with zero attached hydrogens (tertiary/aromatic N) is 2. The van der Waals surface area contributed by atoms with E-state index >= 15 is 0 Å². The summed E-state index contributed by atoms with van der Waals surface area (Å²) in [5, 5.41) is -0.473. The molecule has 1 fully saturated rings. The summed E-state index contributed by atoms with van der Waals surface area (Å²) in [7, 11) is 0. The average molecular weight is 378 g/mol. The van der Waals surface area contributed by atoms with Crippen LogP contribution in [-0.4, -0.2) is 23.0 Å². The van der Waals surface area contributed by atoms with E-state index in [1.54, 1.807) is 42.5 Å². The third kappa shape index (κ3) is 2.59. The van der Waals surface area contributed by atoms with E-state index in [2.05, 4.69) is 0 Å². The molecule has 134 valence electrons. The van der Waals surface area contributed by atoms with Gasteiger partial charge in [0.25, 0.3) is 17.1 Å². The van der Waals surface area contributed by atoms with Crippen LogP contribution in [0.4, 0.5) is 16.2 Å². The van der Waals surface area contributed by atoms with E-state index in [-0.39, 0.29) is 10.5 Å². The summed E-state index contributed by atoms with van der Waals surface area (Å²) in [6.07, 6.45) is 0. The number of carbonyl (C=O) groups excluding carboxylic acids is 4. The molecule has 0 aromatic heterocycles. The van der Waals surface area contributed by atoms with Gasteiger partial charge in [0.1, 0.15) is 0 Å². The van der Waals surface area contributed by atoms with Crippen molar-refractivity contribution in [3.8, 4) is 0 Å². The van der Waals surface area contributed by atoms with Crippen molar-refractivity contribution in [2.24, 2.45) is 0 Å². The number of carbonyl (C=O) groups is 4. The summed E-state index contributed by atoms with van der Waals surface area (Å²) in [6.45, 7) is 3.15. The first-order chi connectivity index (χ1) is 12.9. The first-order valence-corrected chi connectivity index (χ1v) is 9.03. The molecule has 4 amide bonds. The van der Waals surface area contributed by atoms with Gasteiger partial charge in [-0.1, -0.05) is 30.3 Å². The predicted octanol–water partition coefficient (Wildman–Crippen LogP) is 3.50. The fraction of sp³-hybridized carbons (Fsp3) is 0.100. The Labute approximate surface area is 159 Å². The van der Waals surface area contributed by atoms with Gasteiger partial charge < -0.3 is 0 Å². The SMILES string of the molecule is CC(=O)N1C(=O)/C(=C2\SC(=O)N(c3cccc(C)c3)C2=O)c2ccccc21. The Kier molecular flexibility index (Phi) is 3.96. The van der Waals surface area contributed by atoms with E-state index in [0.29, 0.717) is 16.9 Å². The smallest absolute Gasteiger partial charge is 0.274 e. The van der Waals surface area contributed by atoms with Gasteiger partial charge in [0.15, 0.2) is 0 Å². The van der Waals surface area contributed by atoms with Gasteiger partial charge in [0.2, 0.25) is 5.91 Å². The largest absolute Gasteiger partial charge is 0.298 e. The van der Waals surface area contributed by atoms with Crippen molar-refractivity contribution in [3.63, 3.8) is 0 Å². The van der Waals surface area contributed by atoms with Crippen LogP contribution in [0.2, 0.25) is 0 Å². The Hall–Kier alpha value is -3.19. The number of para-hydroxylation sites is 1. The van der Waals surface area contributed by atoms with Crippen LogP contribution in [0.3, 0.4) is 0 Å². The first kappa shape index (κ1) is 17.2. The van der Waals surface area contributed by atoms with E-state index in [1.165, 1.54) is 6.92 Å². The lowest BCUT2D eigenvalue weighted by Gasteiger charge is -2.13. The van der Waals surface area contributed by atoms with Gasteiger partial charge in [-0.05, 0) is 42.4 Å². The Morgan fingerprint density at radius 1 is 0.963 bits per heavy atom. The molecule has 1 saturated heterocycles. The monoisotopic (exact) mass is 378 g/mol. The number of benzene rings is 2. The quantitative estimate of drug-likeness (QED) is 0.710. The highest BCUT2D eigenvalue weighted by molar-refractivity contribution is 8.19. The number of imide groups is 2. The molecule has 7 heteroatoms. The molecule has 0 aliphatic carbocycles. The Bertz CT molecular complexity index is 1070. The van der Waals surface area contributed by atoms with Gasteiger partial charge in [-0.25, -0.2) is 9.80 Å². The van der Waals surface area contributed by atoms with Crippen LogP contribution < -0.4 is 9.80 Å². The van der Waals surface area contributed by atoms with Crippen LogP contribution in [0.5, 0.6) is 0 Å². The summed E-state index contributed by atoms with van der Waals surface area (Å²) in [6, 6.07) is 13.8. The number of thioether (sulfide) groups is 1. The Balaban J connectivity index is 1.87. The third-order valence-electron chi connectivity index (χ3n) is 4.40. The maximum atomic E-state index is 13.0. The second-order valence-corrected chi connectivity index (χ2v) is 7.19. The first-order valence-electron chi connectivity index (χ1n) is 8.22. The second kappa shape index (κ2) is 6.21. The predicted molar refractivity (Wildman–Crippen MR) is 103 cm³/mol. The van der Waals surface area contributed by atoms with Crippen LogP contribution in [0.25, 0.3) is 5.57 Å². The van der Waals surface area contributed by atoms with E-state index in [9.17, 15) is 19.2 Å². The van der Waals surface area contributed by atoms with Gasteiger partial charge in [0, 0.05) is 12.5 Å². The highest BCUT2D eigenvalue weighted by atomic mass is 32.2. The van der Waals surface area contributed by atoms with Gasteiger partial charge in [-0.2, -0.15) is 0 Å². The second-order valence-electron chi connectivity index (χ2n) is 6.23. The number of rotatable bonds is 1. The van der Waals surface area contributed by atoms with Crippen molar-refractivity contribution in [3.05, 3.63) is 64.6 Å². The van der Waals surface area contributed by atoms with Crippen molar-refractivity contribution in [2.45, 2.75) is 13.8 Å². The van der Waals surface area contributed by atoms with Gasteiger partial charge in [0.05, 0.1) is 21.9 Å². The molecule has 0 radical (unpaired) electrons. The van der Waals surface area contributed by atoms with Gasteiger partial charge in [-0.3, -0.25) is 19.2 Å². The lowest BCUT2D eigenvalue weighted by atomic mass is 10.1. The normalized spacial score (nSPS) is 19.1. The molecule has 0 atom stereocenters. The van der Waals surface area contributed by atoms with E-state index in [0.717, 1.165) is 27.1 Å². The zero-order chi connectivity index (χ0) is 19.3. The molecule has 6 nitrogen and oxygen atoms in total. The summed E-state index contributed by atoms with van der Waals surface area (Å²) in [5.74, 6) is -1.59. The average Bonchev–Trinajstić information content (AvgIpc) is 3.07. The zero-order valence-corrected chi connectivity index (χ0v) is 15.4. The van der Waals surface area contributed by atoms with Gasteiger partial charge >= 0.3 is 0 Å². The van der Waals surface area contributed by atoms with Crippen LogP contribution in [0, 0.1) is 6.92 Å². The number of hydrogen-bond donors (Lipinski definition) is 0. The summed E-state index contributed by atoms with van der Waals surface area (Å²) in [5.41, 5.74) is 2.36. The van der Waals surface area contributed by atoms with Crippen LogP contribution in [0.1, 0.15) is 18.1 Å². The van der Waals surface area contributed by atoms with Crippen LogP contribution >= 0.6 is 11.8 Å². The molecule has 4 rings (SSSR count). The Morgan fingerprint density at radius 3 is 2.41 bits per heavy atom. The molecule has 0 spiro atoms. The van der Waals surface area contributed by atoms with Crippen molar-refractivity contribution in [2.75, 3.05) is 9.80 Å². The van der Waals surface area contributed by atoms with E-state index in [1.807, 2.05) is 13.0 Å². The molecule has 27 heavy (non-hydrogen) atoms. The zero-order valence-electron chi connectivity index (χ0n) is 14.6. The fourth-order valence-corrected chi connectivity index (χ4v) is 4.19. The lowest BCUT2D eigenvalue weighted by Crippen LogP contribution is -2.32. The number of hydrogen-bond acceptors (Lipinski definition) is 5. The van der Waals surface area contributed by atoms with Crippen molar-refractivity contribution < 1.29 is 19.2 Å². The summed E-state index contributed by atoms with van der Waals surface area (Å²) < 4.78 is 0. The molecule has 2 aromatic rings. The minimum absolute atomic E-state index is 0.0442. The summed E-state index contributed by atoms with van der Waals surface area (Å²) in [4.78, 5) is 52.6. The van der Waals surface area contributed by atoms with Gasteiger partial charge in [-0.15, -0.1) is 0 Å². The van der Waals surface area contributed by atoms with Crippen molar-refractivity contribution in [1.29, 1.82) is 0 Å². The molecule has 0 unspecified atom stereocenters. The molecule has 0 N–H and O–H groups in total. The van der Waals surface area contributed by atoms with E-state index in [4.69, 9.17) is 0 Å². The lowest BCUT2D eigenvalue weighted by molar-refractivity contribution is -0.122. The maximum absolute atomic E-state index is 13.0. The fourth-order valence-electron chi connectivity index (χ4n) is 3.26. The summed E-state index contributed by atoms with van der Waals surface area (Å²) >= 11 is 0.719. The molecular weight excluding hydrogens is 364 g/mol. The van der Waals surface area contributed by atoms with E-state index < -0.39 is 23.0 Å². The standard InChI is InChI=1S/C20H14N2O4S/c1-11-6-5-7-13(10-11)22-19(25)17(27-20(22)26)16-14-8-3-4-9-15(14)21(12(2)23)18(16)24/h3-10H,1-2H3/b17-16-. The number of amides is 4. The van der Waals surface area contributed by atoms with Crippen molar-refractivity contribution in [1.82, 2.24) is 0 Å². The molecule has 2 heterocycles. The molecule has 2 aromatic carbocycles. The molecule has 0 saturated carbocycles. The molecule has 0 bridgehead atoms. The minimum atomic E-state index is -0.585. The number of anilines is 2. The molecule has 2 aliphatic rings. The number of fused-ring (bicyclic) bond motifs is 1. The van der Waals surface area contributed by atoms with Crippen molar-refractivity contribution >= 4 is 51.7 Å². The minimum Gasteiger partial charge on any atom is -0.274 e. The maximum Gasteiger partial charge on any atom is 0.298 e.